The van der Waals surface area contributed by atoms with E-state index in [0.717, 1.165) is 83.5 Å². The number of aliphatic hydroxyl groups excluding tert-OH is 5. The summed E-state index contributed by atoms with van der Waals surface area (Å²) in [5.41, 5.74) is 0. The van der Waals surface area contributed by atoms with Crippen molar-refractivity contribution in [1.82, 2.24) is 5.32 Å². The Bertz CT molecular complexity index is 1550. The maximum absolute atomic E-state index is 13.4. The number of ether oxygens (including phenoxy) is 3. The third kappa shape index (κ3) is 45.4. The lowest BCUT2D eigenvalue weighted by molar-refractivity contribution is -0.305. The predicted octanol–water partition coefficient (Wildman–Crippen LogP) is 17.0. The second-order valence-corrected chi connectivity index (χ2v) is 23.6. The fraction of sp³-hybridized carbons (Fsp3) is 0.829. The highest BCUT2D eigenvalue weighted by molar-refractivity contribution is 5.80. The van der Waals surface area contributed by atoms with Gasteiger partial charge in [0.25, 0.3) is 0 Å². The zero-order valence-electron chi connectivity index (χ0n) is 52.4. The Morgan fingerprint density at radius 3 is 1.36 bits per heavy atom. The molecule has 0 aromatic carbocycles. The van der Waals surface area contributed by atoms with E-state index in [0.29, 0.717) is 12.8 Å². The molecule has 0 aromatic rings. The summed E-state index contributed by atoms with van der Waals surface area (Å²) in [6.07, 6.45) is 62.8. The summed E-state index contributed by atoms with van der Waals surface area (Å²) in [5.74, 6) is -1.20. The molecule has 8 atom stereocenters. The number of carbonyl (C=O) groups excluding carboxylic acids is 2. The molecule has 8 unspecified atom stereocenters. The van der Waals surface area contributed by atoms with Gasteiger partial charge >= 0.3 is 5.97 Å². The molecule has 472 valence electrons. The van der Waals surface area contributed by atoms with Gasteiger partial charge in [0.1, 0.15) is 24.4 Å². The van der Waals surface area contributed by atoms with Gasteiger partial charge in [0.05, 0.1) is 25.4 Å². The quantitative estimate of drug-likeness (QED) is 0.0149. The Morgan fingerprint density at radius 1 is 0.494 bits per heavy atom. The fourth-order valence-electron chi connectivity index (χ4n) is 10.6. The number of hydrogen-bond acceptors (Lipinski definition) is 10. The molecule has 81 heavy (non-hydrogen) atoms. The predicted molar refractivity (Wildman–Crippen MR) is 338 cm³/mol. The topological polar surface area (TPSA) is 175 Å². The van der Waals surface area contributed by atoms with Crippen LogP contribution < -0.4 is 5.32 Å². The van der Waals surface area contributed by atoms with Gasteiger partial charge in [-0.15, -0.1) is 0 Å². The first-order valence-electron chi connectivity index (χ1n) is 34.1. The SMILES string of the molecule is CC/C=C/C=C/C=C/CCCCCCCCC(O)C(=O)NC(COC1OC(CO)C(O)C(O)C1OC(=O)CCCCCCCCCCCCCCCCCCC/C=C/CCCCCCCC)C(O)/C=C/CCCCCCCCCCC. The van der Waals surface area contributed by atoms with Crippen molar-refractivity contribution in [3.8, 4) is 0 Å². The molecule has 1 amide bonds. The van der Waals surface area contributed by atoms with Crippen molar-refractivity contribution in [3.05, 3.63) is 60.8 Å². The second-order valence-electron chi connectivity index (χ2n) is 23.6. The monoisotopic (exact) mass is 1140 g/mol. The number of esters is 1. The zero-order chi connectivity index (χ0) is 58.9. The molecular formula is C70H127NO10. The number of allylic oxidation sites excluding steroid dienone is 9. The van der Waals surface area contributed by atoms with Crippen molar-refractivity contribution in [1.29, 1.82) is 0 Å². The Hall–Kier alpha value is -2.64. The summed E-state index contributed by atoms with van der Waals surface area (Å²) in [5, 5.41) is 57.0. The van der Waals surface area contributed by atoms with E-state index in [1.807, 2.05) is 12.2 Å². The van der Waals surface area contributed by atoms with Gasteiger partial charge in [-0.1, -0.05) is 293 Å². The van der Waals surface area contributed by atoms with Crippen LogP contribution in [-0.2, 0) is 23.8 Å². The van der Waals surface area contributed by atoms with Crippen LogP contribution in [0, 0.1) is 0 Å². The number of hydrogen-bond donors (Lipinski definition) is 6. The molecule has 0 aromatic heterocycles. The summed E-state index contributed by atoms with van der Waals surface area (Å²) in [7, 11) is 0. The lowest BCUT2D eigenvalue weighted by atomic mass is 9.99. The Balaban J connectivity index is 2.52. The number of aliphatic hydroxyl groups is 5. The highest BCUT2D eigenvalue weighted by Gasteiger charge is 2.47. The van der Waals surface area contributed by atoms with E-state index in [9.17, 15) is 35.1 Å². The molecule has 1 heterocycles. The maximum atomic E-state index is 13.4. The van der Waals surface area contributed by atoms with Gasteiger partial charge in [0, 0.05) is 6.42 Å². The van der Waals surface area contributed by atoms with Crippen molar-refractivity contribution >= 4 is 11.9 Å². The molecule has 11 nitrogen and oxygen atoms in total. The van der Waals surface area contributed by atoms with E-state index < -0.39 is 67.4 Å². The van der Waals surface area contributed by atoms with Gasteiger partial charge in [-0.2, -0.15) is 0 Å². The summed E-state index contributed by atoms with van der Waals surface area (Å²) < 4.78 is 17.7. The van der Waals surface area contributed by atoms with Crippen molar-refractivity contribution in [2.45, 2.75) is 359 Å². The maximum Gasteiger partial charge on any atom is 0.306 e. The van der Waals surface area contributed by atoms with Crippen molar-refractivity contribution in [3.63, 3.8) is 0 Å². The van der Waals surface area contributed by atoms with E-state index in [2.05, 4.69) is 68.6 Å². The number of carbonyl (C=O) groups is 2. The average molecular weight is 1140 g/mol. The van der Waals surface area contributed by atoms with Crippen LogP contribution in [0.1, 0.15) is 310 Å². The van der Waals surface area contributed by atoms with Crippen molar-refractivity contribution < 1.29 is 49.3 Å². The highest BCUT2D eigenvalue weighted by atomic mass is 16.7. The van der Waals surface area contributed by atoms with Crippen LogP contribution in [0.3, 0.4) is 0 Å². The smallest absolute Gasteiger partial charge is 0.306 e. The van der Waals surface area contributed by atoms with Gasteiger partial charge in [-0.05, 0) is 70.6 Å². The lowest BCUT2D eigenvalue weighted by Gasteiger charge is -2.41. The zero-order valence-corrected chi connectivity index (χ0v) is 52.4. The molecule has 0 aliphatic carbocycles. The first-order valence-corrected chi connectivity index (χ1v) is 34.1. The number of amides is 1. The Morgan fingerprint density at radius 2 is 0.901 bits per heavy atom. The molecular weight excluding hydrogens is 1010 g/mol. The van der Waals surface area contributed by atoms with Crippen LogP contribution in [0.15, 0.2) is 60.8 Å². The summed E-state index contributed by atoms with van der Waals surface area (Å²) in [4.78, 5) is 26.6. The average Bonchev–Trinajstić information content (AvgIpc) is 3.50. The number of rotatable bonds is 58. The highest BCUT2D eigenvalue weighted by Crippen LogP contribution is 2.26. The van der Waals surface area contributed by atoms with Gasteiger partial charge < -0.3 is 45.1 Å². The van der Waals surface area contributed by atoms with E-state index in [-0.39, 0.29) is 19.4 Å². The summed E-state index contributed by atoms with van der Waals surface area (Å²) in [6.45, 7) is 5.66. The molecule has 0 radical (unpaired) electrons. The standard InChI is InChI=1S/C70H127NO10/c1-4-7-10-13-16-19-22-24-26-27-28-29-30-31-32-33-34-35-36-37-38-40-43-46-49-52-55-58-65(75)81-68-67(77)66(76)64(59-72)80-70(68)79-60-61(62(73)56-53-50-47-44-41-21-18-15-12-9-6-3)71-69(78)63(74)57-54-51-48-45-42-39-25-23-20-17-14-11-8-5-2/h8,11,14,17,20,23-24,26,53,56,61-64,66-68,70,72-74,76-77H,4-7,9-10,12-13,15-16,18-19,21-22,25,27-52,54-55,57-60H2,1-3H3,(H,71,78)/b11-8+,17-14+,23-20+,26-24+,56-53+. The van der Waals surface area contributed by atoms with Crippen LogP contribution in [-0.4, -0.2) is 99.6 Å². The van der Waals surface area contributed by atoms with E-state index in [1.54, 1.807) is 6.08 Å². The molecule has 1 rings (SSSR count). The van der Waals surface area contributed by atoms with Crippen LogP contribution in [0.5, 0.6) is 0 Å². The van der Waals surface area contributed by atoms with Gasteiger partial charge in [0.15, 0.2) is 12.4 Å². The van der Waals surface area contributed by atoms with Crippen molar-refractivity contribution in [2.75, 3.05) is 13.2 Å². The van der Waals surface area contributed by atoms with Crippen LogP contribution >= 0.6 is 0 Å². The van der Waals surface area contributed by atoms with Crippen LogP contribution in [0.25, 0.3) is 0 Å². The second kappa shape index (κ2) is 57.8. The molecule has 0 bridgehead atoms. The molecule has 0 spiro atoms. The number of unbranched alkanes of at least 4 members (excludes halogenated alkanes) is 38. The molecule has 6 N–H and O–H groups in total. The number of nitrogens with one attached hydrogen (secondary N) is 1. The van der Waals surface area contributed by atoms with Gasteiger partial charge in [-0.25, -0.2) is 0 Å². The van der Waals surface area contributed by atoms with E-state index in [1.165, 1.54) is 180 Å². The van der Waals surface area contributed by atoms with Gasteiger partial charge in [-0.3, -0.25) is 9.59 Å². The minimum Gasteiger partial charge on any atom is -0.454 e. The Kier molecular flexibility index (Phi) is 54.5. The largest absolute Gasteiger partial charge is 0.454 e. The van der Waals surface area contributed by atoms with E-state index >= 15 is 0 Å². The summed E-state index contributed by atoms with van der Waals surface area (Å²) >= 11 is 0. The molecule has 11 heteroatoms. The minimum atomic E-state index is -1.62. The first kappa shape index (κ1) is 76.4. The Labute approximate surface area is 497 Å². The van der Waals surface area contributed by atoms with Gasteiger partial charge in [0.2, 0.25) is 5.91 Å². The molecule has 1 saturated heterocycles. The molecule has 1 fully saturated rings. The lowest BCUT2D eigenvalue weighted by Crippen LogP contribution is -2.61. The first-order chi connectivity index (χ1) is 39.7. The summed E-state index contributed by atoms with van der Waals surface area (Å²) in [6, 6.07) is -1.03. The van der Waals surface area contributed by atoms with Crippen molar-refractivity contribution in [2.24, 2.45) is 0 Å². The molecule has 1 aliphatic rings. The third-order valence-electron chi connectivity index (χ3n) is 16.0. The molecule has 1 aliphatic heterocycles. The van der Waals surface area contributed by atoms with E-state index in [4.69, 9.17) is 14.2 Å². The molecule has 0 saturated carbocycles. The minimum absolute atomic E-state index is 0.124. The third-order valence-corrected chi connectivity index (χ3v) is 16.0. The van der Waals surface area contributed by atoms with Crippen LogP contribution in [0.2, 0.25) is 0 Å². The normalized spacial score (nSPS) is 19.0. The fourth-order valence-corrected chi connectivity index (χ4v) is 10.6. The van der Waals surface area contributed by atoms with Crippen LogP contribution in [0.4, 0.5) is 0 Å².